The summed E-state index contributed by atoms with van der Waals surface area (Å²) < 4.78 is 4.77. The lowest BCUT2D eigenvalue weighted by Gasteiger charge is -2.08. The molecule has 0 bridgehead atoms. The number of aromatic nitrogens is 1. The van der Waals surface area contributed by atoms with Crippen LogP contribution in [0.15, 0.2) is 56.9 Å². The molecule has 0 radical (unpaired) electrons. The van der Waals surface area contributed by atoms with E-state index in [2.05, 4.69) is 10.3 Å². The third-order valence-electron chi connectivity index (χ3n) is 3.35. The molecule has 0 aliphatic rings. The van der Waals surface area contributed by atoms with Crippen molar-refractivity contribution in [2.45, 2.75) is 6.92 Å². The number of nitrogens with zero attached hydrogens (tertiary/aromatic N) is 2. The minimum Gasteiger partial charge on any atom is -0.507 e. The number of oxime groups is 1. The maximum Gasteiger partial charge on any atom is 0.366 e. The monoisotopic (exact) mass is 296 g/mol. The Hall–Kier alpha value is -3.15. The molecule has 0 spiro atoms. The van der Waals surface area contributed by atoms with Gasteiger partial charge in [0.25, 0.3) is 0 Å². The summed E-state index contributed by atoms with van der Waals surface area (Å²) in [6.07, 6.45) is 0. The van der Waals surface area contributed by atoms with Gasteiger partial charge in [-0.15, -0.1) is 0 Å². The predicted octanol–water partition coefficient (Wildman–Crippen LogP) is 2.43. The normalized spacial score (nSPS) is 11.8. The molecule has 3 aromatic rings. The molecule has 0 unspecified atom stereocenters. The first-order chi connectivity index (χ1) is 10.6. The molecule has 1 aromatic heterocycles. The Morgan fingerprint density at radius 2 is 1.91 bits per heavy atom. The number of fused-ring (bicyclic) bond motifs is 1. The average Bonchev–Trinajstić information content (AvgIpc) is 2.53. The van der Waals surface area contributed by atoms with Crippen LogP contribution in [0.25, 0.3) is 10.8 Å². The van der Waals surface area contributed by atoms with Crippen LogP contribution in [0.1, 0.15) is 16.8 Å². The number of hydrogen-bond acceptors (Lipinski definition) is 6. The number of aryl methyl sites for hydroxylation is 1. The molecule has 1 heterocycles. The summed E-state index contributed by atoms with van der Waals surface area (Å²) >= 11 is 0. The van der Waals surface area contributed by atoms with E-state index in [-0.39, 0.29) is 17.2 Å². The van der Waals surface area contributed by atoms with Gasteiger partial charge in [0.1, 0.15) is 17.2 Å². The molecule has 0 atom stereocenters. The van der Waals surface area contributed by atoms with Crippen molar-refractivity contribution in [1.82, 2.24) is 5.16 Å². The summed E-state index contributed by atoms with van der Waals surface area (Å²) in [5.74, 6) is -0.0597. The zero-order chi connectivity index (χ0) is 15.7. The van der Waals surface area contributed by atoms with E-state index in [0.29, 0.717) is 16.3 Å². The SMILES string of the molecule is Cc1ccc(O)c(/C(=N/O)c2noc(=O)c3ccccc23)c1. The molecule has 2 N–H and O–H groups in total. The second kappa shape index (κ2) is 5.33. The van der Waals surface area contributed by atoms with E-state index in [1.54, 1.807) is 36.4 Å². The highest BCUT2D eigenvalue weighted by atomic mass is 16.5. The van der Waals surface area contributed by atoms with Crippen molar-refractivity contribution >= 4 is 16.5 Å². The number of rotatable bonds is 2. The minimum absolute atomic E-state index is 0.0288. The van der Waals surface area contributed by atoms with Crippen molar-refractivity contribution in [2.24, 2.45) is 5.16 Å². The summed E-state index contributed by atoms with van der Waals surface area (Å²) in [5.41, 5.74) is 0.800. The van der Waals surface area contributed by atoms with Gasteiger partial charge >= 0.3 is 5.63 Å². The van der Waals surface area contributed by atoms with Crippen LogP contribution in [0, 0.1) is 6.92 Å². The highest BCUT2D eigenvalue weighted by Gasteiger charge is 2.19. The zero-order valence-corrected chi connectivity index (χ0v) is 11.6. The van der Waals surface area contributed by atoms with Crippen LogP contribution in [0.3, 0.4) is 0 Å². The molecule has 0 amide bonds. The first-order valence-electron chi connectivity index (χ1n) is 6.53. The molecule has 22 heavy (non-hydrogen) atoms. The van der Waals surface area contributed by atoms with Crippen LogP contribution < -0.4 is 5.63 Å². The molecule has 3 rings (SSSR count). The first-order valence-corrected chi connectivity index (χ1v) is 6.53. The van der Waals surface area contributed by atoms with E-state index < -0.39 is 5.63 Å². The van der Waals surface area contributed by atoms with E-state index in [4.69, 9.17) is 4.52 Å². The molecule has 0 fully saturated rings. The van der Waals surface area contributed by atoms with Crippen LogP contribution in [-0.2, 0) is 0 Å². The lowest BCUT2D eigenvalue weighted by Crippen LogP contribution is -2.12. The Morgan fingerprint density at radius 1 is 1.18 bits per heavy atom. The highest BCUT2D eigenvalue weighted by molar-refractivity contribution is 6.18. The quantitative estimate of drug-likeness (QED) is 0.430. The van der Waals surface area contributed by atoms with Crippen molar-refractivity contribution in [2.75, 3.05) is 0 Å². The Bertz CT molecular complexity index is 944. The number of phenolic OH excluding ortho intramolecular Hbond substituents is 1. The highest BCUT2D eigenvalue weighted by Crippen LogP contribution is 2.24. The number of hydrogen-bond donors (Lipinski definition) is 2. The van der Waals surface area contributed by atoms with E-state index in [9.17, 15) is 15.1 Å². The maximum absolute atomic E-state index is 11.7. The summed E-state index contributed by atoms with van der Waals surface area (Å²) in [5, 5.41) is 27.2. The molecule has 0 aliphatic carbocycles. The second-order valence-electron chi connectivity index (χ2n) is 4.83. The topological polar surface area (TPSA) is 95.9 Å². The van der Waals surface area contributed by atoms with Crippen LogP contribution in [0.4, 0.5) is 0 Å². The van der Waals surface area contributed by atoms with Gasteiger partial charge in [0.05, 0.1) is 5.39 Å². The minimum atomic E-state index is -0.579. The van der Waals surface area contributed by atoms with Crippen molar-refractivity contribution in [3.05, 3.63) is 69.7 Å². The Labute approximate surface area is 124 Å². The Balaban J connectivity index is 2.32. The summed E-state index contributed by atoms with van der Waals surface area (Å²) in [6.45, 7) is 1.84. The summed E-state index contributed by atoms with van der Waals surface area (Å²) in [4.78, 5) is 11.7. The first kappa shape index (κ1) is 13.8. The zero-order valence-electron chi connectivity index (χ0n) is 11.6. The van der Waals surface area contributed by atoms with Gasteiger partial charge in [-0.3, -0.25) is 0 Å². The third kappa shape index (κ3) is 2.20. The molecule has 6 nitrogen and oxygen atoms in total. The van der Waals surface area contributed by atoms with Crippen molar-refractivity contribution in [3.8, 4) is 5.75 Å². The van der Waals surface area contributed by atoms with E-state index >= 15 is 0 Å². The lowest BCUT2D eigenvalue weighted by molar-refractivity contribution is 0.317. The molecule has 0 aliphatic heterocycles. The fourth-order valence-electron chi connectivity index (χ4n) is 2.29. The van der Waals surface area contributed by atoms with Crippen molar-refractivity contribution in [3.63, 3.8) is 0 Å². The van der Waals surface area contributed by atoms with Crippen LogP contribution in [0.5, 0.6) is 5.75 Å². The van der Waals surface area contributed by atoms with Crippen molar-refractivity contribution < 1.29 is 14.8 Å². The fourth-order valence-corrected chi connectivity index (χ4v) is 2.29. The molecule has 110 valence electrons. The van der Waals surface area contributed by atoms with Gasteiger partial charge < -0.3 is 14.8 Å². The average molecular weight is 296 g/mol. The molecule has 0 saturated carbocycles. The largest absolute Gasteiger partial charge is 0.507 e. The Morgan fingerprint density at radius 3 is 2.64 bits per heavy atom. The second-order valence-corrected chi connectivity index (χ2v) is 4.83. The van der Waals surface area contributed by atoms with Crippen LogP contribution in [-0.4, -0.2) is 21.2 Å². The van der Waals surface area contributed by atoms with E-state index in [0.717, 1.165) is 5.56 Å². The fraction of sp³-hybridized carbons (Fsp3) is 0.0625. The number of phenols is 1. The maximum atomic E-state index is 11.7. The van der Waals surface area contributed by atoms with Gasteiger partial charge in [0, 0.05) is 10.9 Å². The van der Waals surface area contributed by atoms with E-state index in [1.807, 2.05) is 6.92 Å². The smallest absolute Gasteiger partial charge is 0.366 e. The van der Waals surface area contributed by atoms with Crippen LogP contribution >= 0.6 is 0 Å². The number of benzene rings is 2. The molecule has 2 aromatic carbocycles. The van der Waals surface area contributed by atoms with Gasteiger partial charge in [0.2, 0.25) is 0 Å². The molecular formula is C16H12N2O4. The molecular weight excluding hydrogens is 284 g/mol. The third-order valence-corrected chi connectivity index (χ3v) is 3.35. The van der Waals surface area contributed by atoms with E-state index in [1.165, 1.54) is 6.07 Å². The van der Waals surface area contributed by atoms with Gasteiger partial charge in [-0.05, 0) is 25.1 Å². The van der Waals surface area contributed by atoms with Gasteiger partial charge in [0.15, 0.2) is 0 Å². The van der Waals surface area contributed by atoms with Gasteiger partial charge in [-0.1, -0.05) is 40.1 Å². The number of aromatic hydroxyl groups is 1. The van der Waals surface area contributed by atoms with Crippen LogP contribution in [0.2, 0.25) is 0 Å². The lowest BCUT2D eigenvalue weighted by atomic mass is 10.0. The van der Waals surface area contributed by atoms with Crippen molar-refractivity contribution in [1.29, 1.82) is 0 Å². The predicted molar refractivity (Wildman–Crippen MR) is 80.5 cm³/mol. The summed E-state index contributed by atoms with van der Waals surface area (Å²) in [6, 6.07) is 11.6. The van der Waals surface area contributed by atoms with Gasteiger partial charge in [-0.25, -0.2) is 4.79 Å². The molecule has 6 heteroatoms. The van der Waals surface area contributed by atoms with Gasteiger partial charge in [-0.2, -0.15) is 0 Å². The summed E-state index contributed by atoms with van der Waals surface area (Å²) in [7, 11) is 0. The molecule has 0 saturated heterocycles. The Kier molecular flexibility index (Phi) is 3.34. The standard InChI is InChI=1S/C16H12N2O4/c1-9-6-7-13(19)12(8-9)14(17-21)15-10-4-2-3-5-11(10)16(20)22-18-15/h2-8,19,21H,1H3/b17-14-.